The fraction of sp³-hybridized carbons (Fsp3) is 0.667. The molecule has 0 aliphatic heterocycles. The maximum atomic E-state index is 12.5. The van der Waals surface area contributed by atoms with E-state index in [4.69, 9.17) is 11.6 Å². The lowest BCUT2D eigenvalue weighted by Gasteiger charge is -2.39. The van der Waals surface area contributed by atoms with Crippen LogP contribution in [0.5, 0.6) is 0 Å². The summed E-state index contributed by atoms with van der Waals surface area (Å²) < 4.78 is 28.6. The zero-order chi connectivity index (χ0) is 15.8. The van der Waals surface area contributed by atoms with Gasteiger partial charge in [0.1, 0.15) is 5.54 Å². The number of nitrogens with zero attached hydrogens (tertiary/aromatic N) is 2. The third-order valence-corrected chi connectivity index (χ3v) is 6.11. The molecule has 0 aromatic carbocycles. The van der Waals surface area contributed by atoms with E-state index in [1.807, 2.05) is 0 Å². The van der Waals surface area contributed by atoms with Gasteiger partial charge in [-0.25, -0.2) is 8.42 Å². The predicted octanol–water partition coefficient (Wildman–Crippen LogP) is 1.39. The summed E-state index contributed by atoms with van der Waals surface area (Å²) in [6, 6.07) is 0. The Kier molecular flexibility index (Phi) is 4.32. The van der Waals surface area contributed by atoms with Crippen LogP contribution in [0.2, 0.25) is 5.02 Å². The first-order chi connectivity index (χ1) is 9.70. The number of nitrogens with one attached hydrogen (secondary N) is 1. The molecule has 1 aromatic heterocycles. The second kappa shape index (κ2) is 5.58. The van der Waals surface area contributed by atoms with E-state index in [1.54, 1.807) is 6.92 Å². The largest absolute Gasteiger partial charge is 0.480 e. The molecular weight excluding hydrogens is 318 g/mol. The monoisotopic (exact) mass is 335 g/mol. The van der Waals surface area contributed by atoms with Crippen LogP contribution in [-0.4, -0.2) is 34.8 Å². The molecule has 118 valence electrons. The molecule has 0 amide bonds. The highest BCUT2D eigenvalue weighted by Crippen LogP contribution is 2.35. The zero-order valence-electron chi connectivity index (χ0n) is 11.8. The summed E-state index contributed by atoms with van der Waals surface area (Å²) in [4.78, 5) is 11.7. The van der Waals surface area contributed by atoms with Crippen LogP contribution < -0.4 is 4.72 Å². The van der Waals surface area contributed by atoms with Gasteiger partial charge < -0.3 is 5.11 Å². The molecule has 1 heterocycles. The van der Waals surface area contributed by atoms with Gasteiger partial charge in [0.25, 0.3) is 10.0 Å². The van der Waals surface area contributed by atoms with Crippen molar-refractivity contribution in [2.75, 3.05) is 0 Å². The van der Waals surface area contributed by atoms with Gasteiger partial charge in [0, 0.05) is 7.05 Å². The minimum atomic E-state index is -4.08. The summed E-state index contributed by atoms with van der Waals surface area (Å²) in [6.45, 7) is 1.75. The molecule has 2 rings (SSSR count). The van der Waals surface area contributed by atoms with Crippen molar-refractivity contribution in [1.29, 1.82) is 0 Å². The molecule has 1 aromatic rings. The van der Waals surface area contributed by atoms with Crippen LogP contribution in [0.15, 0.2) is 11.2 Å². The molecular formula is C12H18ClN3O4S. The molecule has 1 aliphatic carbocycles. The van der Waals surface area contributed by atoms with Crippen LogP contribution in [0.3, 0.4) is 0 Å². The van der Waals surface area contributed by atoms with Crippen LogP contribution >= 0.6 is 11.6 Å². The van der Waals surface area contributed by atoms with E-state index in [-0.39, 0.29) is 22.4 Å². The van der Waals surface area contributed by atoms with E-state index >= 15 is 0 Å². The molecule has 0 bridgehead atoms. The SMILES string of the molecule is CC1CCCCC1(NS(=O)(=O)c1c(Cl)cnn1C)C(=O)O. The van der Waals surface area contributed by atoms with Crippen molar-refractivity contribution in [3.05, 3.63) is 11.2 Å². The van der Waals surface area contributed by atoms with Gasteiger partial charge in [0.05, 0.1) is 11.2 Å². The number of carboxylic acid groups (broad SMARTS) is 1. The van der Waals surface area contributed by atoms with E-state index in [0.717, 1.165) is 11.1 Å². The summed E-state index contributed by atoms with van der Waals surface area (Å²) in [5, 5.41) is 13.1. The van der Waals surface area contributed by atoms with Gasteiger partial charge in [-0.15, -0.1) is 0 Å². The first kappa shape index (κ1) is 16.3. The van der Waals surface area contributed by atoms with Crippen molar-refractivity contribution in [2.24, 2.45) is 13.0 Å². The lowest BCUT2D eigenvalue weighted by atomic mass is 9.74. The second-order valence-corrected chi connectivity index (χ2v) is 7.45. The molecule has 2 N–H and O–H groups in total. The van der Waals surface area contributed by atoms with Crippen LogP contribution in [0, 0.1) is 5.92 Å². The standard InChI is InChI=1S/C12H18ClN3O4S/c1-8-5-3-4-6-12(8,11(17)18)15-21(19,20)10-9(13)7-14-16(10)2/h7-8,15H,3-6H2,1-2H3,(H,17,18). The molecule has 9 heteroatoms. The highest BCUT2D eigenvalue weighted by Gasteiger charge is 2.48. The number of halogens is 1. The number of carbonyl (C=O) groups is 1. The highest BCUT2D eigenvalue weighted by atomic mass is 35.5. The van der Waals surface area contributed by atoms with Gasteiger partial charge in [-0.05, 0) is 18.8 Å². The van der Waals surface area contributed by atoms with Crippen molar-refractivity contribution >= 4 is 27.6 Å². The Morgan fingerprint density at radius 1 is 1.57 bits per heavy atom. The first-order valence-electron chi connectivity index (χ1n) is 6.65. The first-order valence-corrected chi connectivity index (χ1v) is 8.51. The third-order valence-electron chi connectivity index (χ3n) is 4.09. The number of sulfonamides is 1. The molecule has 1 saturated carbocycles. The van der Waals surface area contributed by atoms with Gasteiger partial charge >= 0.3 is 5.97 Å². The van der Waals surface area contributed by atoms with E-state index in [1.165, 1.54) is 13.2 Å². The average Bonchev–Trinajstić information content (AvgIpc) is 2.72. The number of carboxylic acids is 1. The lowest BCUT2D eigenvalue weighted by Crippen LogP contribution is -2.60. The van der Waals surface area contributed by atoms with Crippen LogP contribution in [0.25, 0.3) is 0 Å². The Balaban J connectivity index is 2.44. The third kappa shape index (κ3) is 2.79. The maximum Gasteiger partial charge on any atom is 0.325 e. The van der Waals surface area contributed by atoms with E-state index in [0.29, 0.717) is 12.8 Å². The Labute approximate surface area is 128 Å². The minimum absolute atomic E-state index is 0.0333. The van der Waals surface area contributed by atoms with Crippen molar-refractivity contribution in [3.63, 3.8) is 0 Å². The Bertz CT molecular complexity index is 638. The molecule has 2 unspecified atom stereocenters. The smallest absolute Gasteiger partial charge is 0.325 e. The molecule has 1 aliphatic rings. The molecule has 0 radical (unpaired) electrons. The number of hydrogen-bond donors (Lipinski definition) is 2. The summed E-state index contributed by atoms with van der Waals surface area (Å²) in [5.74, 6) is -1.46. The fourth-order valence-corrected chi connectivity index (χ4v) is 4.99. The molecule has 1 fully saturated rings. The fourth-order valence-electron chi connectivity index (χ4n) is 2.85. The van der Waals surface area contributed by atoms with E-state index < -0.39 is 21.5 Å². The molecule has 0 spiro atoms. The molecule has 21 heavy (non-hydrogen) atoms. The summed E-state index contributed by atoms with van der Waals surface area (Å²) in [6.07, 6.45) is 3.70. The van der Waals surface area contributed by atoms with Crippen LogP contribution in [-0.2, 0) is 21.9 Å². The number of aromatic nitrogens is 2. The Morgan fingerprint density at radius 3 is 2.71 bits per heavy atom. The minimum Gasteiger partial charge on any atom is -0.480 e. The van der Waals surface area contributed by atoms with Crippen molar-refractivity contribution in [3.8, 4) is 0 Å². The topological polar surface area (TPSA) is 101 Å². The number of aliphatic carboxylic acids is 1. The summed E-state index contributed by atoms with van der Waals surface area (Å²) >= 11 is 5.86. The summed E-state index contributed by atoms with van der Waals surface area (Å²) in [5.41, 5.74) is -1.50. The second-order valence-electron chi connectivity index (χ2n) is 5.45. The molecule has 2 atom stereocenters. The molecule has 0 saturated heterocycles. The summed E-state index contributed by atoms with van der Waals surface area (Å²) in [7, 11) is -2.63. The maximum absolute atomic E-state index is 12.5. The Morgan fingerprint density at radius 2 is 2.24 bits per heavy atom. The normalized spacial score (nSPS) is 26.7. The van der Waals surface area contributed by atoms with E-state index in [2.05, 4.69) is 9.82 Å². The average molecular weight is 336 g/mol. The van der Waals surface area contributed by atoms with E-state index in [9.17, 15) is 18.3 Å². The lowest BCUT2D eigenvalue weighted by molar-refractivity contribution is -0.147. The predicted molar refractivity (Wildman–Crippen MR) is 76.5 cm³/mol. The van der Waals surface area contributed by atoms with Gasteiger partial charge in [-0.1, -0.05) is 31.4 Å². The number of rotatable bonds is 4. The highest BCUT2D eigenvalue weighted by molar-refractivity contribution is 7.89. The van der Waals surface area contributed by atoms with Gasteiger partial charge in [0.2, 0.25) is 0 Å². The van der Waals surface area contributed by atoms with Gasteiger partial charge in [0.15, 0.2) is 5.03 Å². The number of aryl methyl sites for hydroxylation is 1. The van der Waals surface area contributed by atoms with Crippen molar-refractivity contribution in [2.45, 2.75) is 43.2 Å². The van der Waals surface area contributed by atoms with Crippen molar-refractivity contribution < 1.29 is 18.3 Å². The van der Waals surface area contributed by atoms with Gasteiger partial charge in [-0.3, -0.25) is 9.48 Å². The molecule has 7 nitrogen and oxygen atoms in total. The quantitative estimate of drug-likeness (QED) is 0.865. The van der Waals surface area contributed by atoms with Crippen LogP contribution in [0.4, 0.5) is 0 Å². The number of hydrogen-bond acceptors (Lipinski definition) is 4. The van der Waals surface area contributed by atoms with Crippen LogP contribution in [0.1, 0.15) is 32.6 Å². The van der Waals surface area contributed by atoms with Gasteiger partial charge in [-0.2, -0.15) is 9.82 Å². The van der Waals surface area contributed by atoms with Crippen molar-refractivity contribution in [1.82, 2.24) is 14.5 Å². The zero-order valence-corrected chi connectivity index (χ0v) is 13.4. The Hall–Kier alpha value is -1.12.